The molecular formula is C16H29IN4S. The Hall–Kier alpha value is -0.370. The third kappa shape index (κ3) is 5.37. The molecule has 6 heteroatoms. The van der Waals surface area contributed by atoms with Gasteiger partial charge in [0.1, 0.15) is 0 Å². The number of aliphatic imine (C=N–C) groups is 1. The summed E-state index contributed by atoms with van der Waals surface area (Å²) < 4.78 is 0. The van der Waals surface area contributed by atoms with Gasteiger partial charge in [0.25, 0.3) is 0 Å². The van der Waals surface area contributed by atoms with Crippen LogP contribution in [0.15, 0.2) is 10.4 Å². The number of rotatable bonds is 2. The molecule has 0 amide bonds. The van der Waals surface area contributed by atoms with Crippen LogP contribution in [-0.4, -0.2) is 36.0 Å². The fourth-order valence-corrected chi connectivity index (χ4v) is 3.36. The van der Waals surface area contributed by atoms with Crippen LogP contribution in [0.1, 0.15) is 51.2 Å². The number of nitrogens with zero attached hydrogens (tertiary/aromatic N) is 3. The van der Waals surface area contributed by atoms with Crippen molar-refractivity contribution in [3.05, 3.63) is 16.1 Å². The zero-order valence-corrected chi connectivity index (χ0v) is 17.5. The Bertz CT molecular complexity index is 485. The third-order valence-electron chi connectivity index (χ3n) is 3.92. The fraction of sp³-hybridized carbons (Fsp3) is 0.750. The van der Waals surface area contributed by atoms with Crippen LogP contribution in [0, 0.1) is 5.92 Å². The molecule has 22 heavy (non-hydrogen) atoms. The Balaban J connectivity index is 0.00000242. The minimum Gasteiger partial charge on any atom is -0.351 e. The maximum absolute atomic E-state index is 4.73. The van der Waals surface area contributed by atoms with Gasteiger partial charge in [-0.05, 0) is 18.8 Å². The lowest BCUT2D eigenvalue weighted by Gasteiger charge is -2.32. The highest BCUT2D eigenvalue weighted by atomic mass is 127. The number of guanidine groups is 1. The molecule has 0 aromatic carbocycles. The summed E-state index contributed by atoms with van der Waals surface area (Å²) in [4.78, 5) is 11.5. The second kappa shape index (κ2) is 8.47. The molecule has 0 unspecified atom stereocenters. The maximum atomic E-state index is 4.73. The van der Waals surface area contributed by atoms with E-state index in [4.69, 9.17) is 4.98 Å². The monoisotopic (exact) mass is 436 g/mol. The molecule has 0 saturated carbocycles. The molecule has 2 heterocycles. The SMILES string of the molecule is CN=C(NCc1csc(C(C)(C)C)n1)N1CCC(C)CC1.I. The smallest absolute Gasteiger partial charge is 0.193 e. The van der Waals surface area contributed by atoms with Gasteiger partial charge in [0, 0.05) is 30.9 Å². The molecule has 1 aromatic rings. The van der Waals surface area contributed by atoms with Crippen LogP contribution in [0.25, 0.3) is 0 Å². The topological polar surface area (TPSA) is 40.5 Å². The molecule has 1 aromatic heterocycles. The van der Waals surface area contributed by atoms with E-state index >= 15 is 0 Å². The first-order valence-corrected chi connectivity index (χ1v) is 8.68. The quantitative estimate of drug-likeness (QED) is 0.435. The third-order valence-corrected chi connectivity index (χ3v) is 5.23. The lowest BCUT2D eigenvalue weighted by Crippen LogP contribution is -2.45. The van der Waals surface area contributed by atoms with Crippen molar-refractivity contribution >= 4 is 41.3 Å². The number of likely N-dealkylation sites (tertiary alicyclic amines) is 1. The van der Waals surface area contributed by atoms with Gasteiger partial charge in [-0.15, -0.1) is 35.3 Å². The Morgan fingerprint density at radius 2 is 2.05 bits per heavy atom. The van der Waals surface area contributed by atoms with Gasteiger partial charge in [0.2, 0.25) is 0 Å². The highest BCUT2D eigenvalue weighted by Gasteiger charge is 2.20. The molecule has 2 rings (SSSR count). The number of nitrogens with one attached hydrogen (secondary N) is 1. The standard InChI is InChI=1S/C16H28N4S.HI/c1-12-6-8-20(9-7-12)15(17-5)18-10-13-11-21-14(19-13)16(2,3)4;/h11-12H,6-10H2,1-5H3,(H,17,18);1H. The van der Waals surface area contributed by atoms with Gasteiger partial charge in [-0.25, -0.2) is 4.98 Å². The van der Waals surface area contributed by atoms with Crippen LogP contribution in [0.4, 0.5) is 0 Å². The zero-order chi connectivity index (χ0) is 15.5. The van der Waals surface area contributed by atoms with E-state index in [1.54, 1.807) is 11.3 Å². The second-order valence-corrected chi connectivity index (χ2v) is 7.82. The molecule has 0 spiro atoms. The van der Waals surface area contributed by atoms with Crippen molar-refractivity contribution in [2.75, 3.05) is 20.1 Å². The first kappa shape index (κ1) is 19.7. The van der Waals surface area contributed by atoms with Crippen LogP contribution in [0.5, 0.6) is 0 Å². The fourth-order valence-electron chi connectivity index (χ4n) is 2.45. The molecule has 0 atom stereocenters. The van der Waals surface area contributed by atoms with Gasteiger partial charge >= 0.3 is 0 Å². The van der Waals surface area contributed by atoms with Gasteiger partial charge < -0.3 is 10.2 Å². The predicted octanol–water partition coefficient (Wildman–Crippen LogP) is 3.87. The van der Waals surface area contributed by atoms with Gasteiger partial charge in [-0.1, -0.05) is 27.7 Å². The van der Waals surface area contributed by atoms with Crippen molar-refractivity contribution in [3.63, 3.8) is 0 Å². The average molecular weight is 436 g/mol. The molecule has 1 aliphatic heterocycles. The highest BCUT2D eigenvalue weighted by molar-refractivity contribution is 14.0. The normalized spacial score (nSPS) is 17.3. The van der Waals surface area contributed by atoms with E-state index in [1.807, 2.05) is 7.05 Å². The van der Waals surface area contributed by atoms with E-state index in [1.165, 1.54) is 17.8 Å². The summed E-state index contributed by atoms with van der Waals surface area (Å²) in [6.07, 6.45) is 2.51. The summed E-state index contributed by atoms with van der Waals surface area (Å²) >= 11 is 1.75. The molecule has 1 fully saturated rings. The number of aromatic nitrogens is 1. The number of piperidine rings is 1. The van der Waals surface area contributed by atoms with E-state index in [9.17, 15) is 0 Å². The maximum Gasteiger partial charge on any atom is 0.193 e. The van der Waals surface area contributed by atoms with Crippen LogP contribution >= 0.6 is 35.3 Å². The first-order valence-electron chi connectivity index (χ1n) is 7.80. The molecule has 0 bridgehead atoms. The predicted molar refractivity (Wildman–Crippen MR) is 106 cm³/mol. The van der Waals surface area contributed by atoms with Crippen LogP contribution < -0.4 is 5.32 Å². The lowest BCUT2D eigenvalue weighted by atomic mass is 9.98. The molecule has 126 valence electrons. The Morgan fingerprint density at radius 1 is 1.41 bits per heavy atom. The number of hydrogen-bond acceptors (Lipinski definition) is 3. The van der Waals surface area contributed by atoms with E-state index in [0.29, 0.717) is 0 Å². The highest BCUT2D eigenvalue weighted by Crippen LogP contribution is 2.25. The summed E-state index contributed by atoms with van der Waals surface area (Å²) in [6, 6.07) is 0. The van der Waals surface area contributed by atoms with Crippen LogP contribution in [0.2, 0.25) is 0 Å². The molecule has 0 radical (unpaired) electrons. The Morgan fingerprint density at radius 3 is 2.55 bits per heavy atom. The number of halogens is 1. The Kier molecular flexibility index (Phi) is 7.58. The largest absolute Gasteiger partial charge is 0.351 e. The molecule has 1 N–H and O–H groups in total. The first-order chi connectivity index (χ1) is 9.90. The summed E-state index contributed by atoms with van der Waals surface area (Å²) in [5.41, 5.74) is 1.24. The van der Waals surface area contributed by atoms with Gasteiger partial charge in [0.05, 0.1) is 17.2 Å². The average Bonchev–Trinajstić information content (AvgIpc) is 2.90. The summed E-state index contributed by atoms with van der Waals surface area (Å²) in [5.74, 6) is 1.85. The van der Waals surface area contributed by atoms with E-state index in [2.05, 4.69) is 48.3 Å². The Labute approximate surface area is 155 Å². The van der Waals surface area contributed by atoms with Crippen molar-refractivity contribution in [2.45, 2.75) is 52.5 Å². The van der Waals surface area contributed by atoms with Gasteiger partial charge in [0.15, 0.2) is 5.96 Å². The molecule has 4 nitrogen and oxygen atoms in total. The van der Waals surface area contributed by atoms with Crippen LogP contribution in [0.3, 0.4) is 0 Å². The zero-order valence-electron chi connectivity index (χ0n) is 14.3. The molecular weight excluding hydrogens is 407 g/mol. The van der Waals surface area contributed by atoms with Gasteiger partial charge in [-0.3, -0.25) is 4.99 Å². The minimum absolute atomic E-state index is 0. The molecule has 0 aliphatic carbocycles. The van der Waals surface area contributed by atoms with E-state index in [0.717, 1.165) is 37.2 Å². The summed E-state index contributed by atoms with van der Waals surface area (Å²) in [6.45, 7) is 11.9. The van der Waals surface area contributed by atoms with Crippen molar-refractivity contribution in [2.24, 2.45) is 10.9 Å². The number of hydrogen-bond donors (Lipinski definition) is 1. The van der Waals surface area contributed by atoms with Crippen LogP contribution in [-0.2, 0) is 12.0 Å². The molecule has 1 saturated heterocycles. The summed E-state index contributed by atoms with van der Waals surface area (Å²) in [5, 5.41) is 6.80. The summed E-state index contributed by atoms with van der Waals surface area (Å²) in [7, 11) is 1.86. The minimum atomic E-state index is 0. The van der Waals surface area contributed by atoms with Crippen molar-refractivity contribution in [1.82, 2.24) is 15.2 Å². The van der Waals surface area contributed by atoms with E-state index in [-0.39, 0.29) is 29.4 Å². The lowest BCUT2D eigenvalue weighted by molar-refractivity contribution is 0.273. The molecule has 1 aliphatic rings. The van der Waals surface area contributed by atoms with Crippen molar-refractivity contribution in [3.8, 4) is 0 Å². The van der Waals surface area contributed by atoms with E-state index < -0.39 is 0 Å². The van der Waals surface area contributed by atoms with Gasteiger partial charge in [-0.2, -0.15) is 0 Å². The van der Waals surface area contributed by atoms with Crippen molar-refractivity contribution in [1.29, 1.82) is 0 Å². The second-order valence-electron chi connectivity index (χ2n) is 6.96. The van der Waals surface area contributed by atoms with Crippen molar-refractivity contribution < 1.29 is 0 Å². The number of thiazole rings is 1.